The second kappa shape index (κ2) is 10.1. The van der Waals surface area contributed by atoms with Crippen LogP contribution in [-0.2, 0) is 6.61 Å². The molecule has 5 nitrogen and oxygen atoms in total. The van der Waals surface area contributed by atoms with Crippen molar-refractivity contribution in [1.82, 2.24) is 13.6 Å². The highest BCUT2D eigenvalue weighted by Crippen LogP contribution is 2.32. The summed E-state index contributed by atoms with van der Waals surface area (Å²) in [5.74, 6) is 1.50. The van der Waals surface area contributed by atoms with Crippen molar-refractivity contribution in [3.05, 3.63) is 107 Å². The number of nitrogens with zero attached hydrogens (tertiary/aromatic N) is 4. The second-order valence-corrected chi connectivity index (χ2v) is 8.88. The fourth-order valence-corrected chi connectivity index (χ4v) is 4.97. The summed E-state index contributed by atoms with van der Waals surface area (Å²) in [6, 6.07) is 30.1. The van der Waals surface area contributed by atoms with Crippen molar-refractivity contribution in [3.8, 4) is 5.88 Å². The molecule has 0 atom stereocenters. The third-order valence-corrected chi connectivity index (χ3v) is 6.78. The predicted molar refractivity (Wildman–Crippen MR) is 134 cm³/mol. The highest BCUT2D eigenvalue weighted by Gasteiger charge is 2.28. The quantitative estimate of drug-likeness (QED) is 0.376. The van der Waals surface area contributed by atoms with E-state index in [0.717, 1.165) is 32.0 Å². The largest absolute Gasteiger partial charge is 0.470 e. The molecule has 3 aromatic carbocycles. The van der Waals surface area contributed by atoms with E-state index in [-0.39, 0.29) is 6.04 Å². The maximum atomic E-state index is 6.09. The minimum absolute atomic E-state index is 0.250. The zero-order valence-corrected chi connectivity index (χ0v) is 19.6. The predicted octanol–water partition coefficient (Wildman–Crippen LogP) is 5.34. The molecule has 4 aromatic rings. The Labute approximate surface area is 199 Å². The third-order valence-electron chi connectivity index (χ3n) is 6.28. The van der Waals surface area contributed by atoms with Gasteiger partial charge in [0, 0.05) is 26.2 Å². The maximum Gasteiger partial charge on any atom is 0.271 e. The first-order valence-electron chi connectivity index (χ1n) is 11.4. The van der Waals surface area contributed by atoms with Gasteiger partial charge in [-0.2, -0.15) is 4.37 Å². The Bertz CT molecular complexity index is 1120. The van der Waals surface area contributed by atoms with Crippen LogP contribution >= 0.6 is 11.7 Å². The van der Waals surface area contributed by atoms with E-state index in [1.165, 1.54) is 34.0 Å². The molecule has 0 amide bonds. The van der Waals surface area contributed by atoms with Crippen molar-refractivity contribution < 1.29 is 4.74 Å². The lowest BCUT2D eigenvalue weighted by Gasteiger charge is -2.39. The van der Waals surface area contributed by atoms with Crippen LogP contribution in [0.25, 0.3) is 0 Å². The van der Waals surface area contributed by atoms with Gasteiger partial charge in [-0.05, 0) is 29.2 Å². The molecule has 0 radical (unpaired) electrons. The summed E-state index contributed by atoms with van der Waals surface area (Å²) in [6.07, 6.45) is 0. The number of rotatable bonds is 7. The molecule has 0 aliphatic carbocycles. The zero-order valence-electron chi connectivity index (χ0n) is 18.8. The number of ether oxygens (including phenoxy) is 1. The van der Waals surface area contributed by atoms with Gasteiger partial charge >= 0.3 is 0 Å². The van der Waals surface area contributed by atoms with Crippen LogP contribution in [0.2, 0.25) is 0 Å². The first kappa shape index (κ1) is 21.6. The molecule has 0 saturated carbocycles. The first-order chi connectivity index (χ1) is 16.3. The van der Waals surface area contributed by atoms with Gasteiger partial charge in [0.25, 0.3) is 5.88 Å². The Morgan fingerprint density at radius 1 is 0.788 bits per heavy atom. The average Bonchev–Trinajstić information content (AvgIpc) is 3.34. The average molecular weight is 457 g/mol. The standard InChI is InChI=1S/C27H28N4OS/c1-21-10-8-9-15-24(21)20-32-27-26(28-33-29-27)31-18-16-30(17-19-31)25(22-11-4-2-5-12-22)23-13-6-3-7-14-23/h2-15,25H,16-20H2,1H3. The van der Waals surface area contributed by atoms with Crippen molar-refractivity contribution in [2.75, 3.05) is 31.1 Å². The van der Waals surface area contributed by atoms with Crippen LogP contribution in [0.1, 0.15) is 28.3 Å². The van der Waals surface area contributed by atoms with Crippen LogP contribution in [0.5, 0.6) is 5.88 Å². The highest BCUT2D eigenvalue weighted by atomic mass is 32.1. The summed E-state index contributed by atoms with van der Waals surface area (Å²) in [5, 5.41) is 0. The summed E-state index contributed by atoms with van der Waals surface area (Å²) >= 11 is 1.22. The second-order valence-electron chi connectivity index (χ2n) is 8.36. The smallest absolute Gasteiger partial charge is 0.271 e. The Balaban J connectivity index is 1.28. The minimum Gasteiger partial charge on any atom is -0.470 e. The molecule has 168 valence electrons. The Morgan fingerprint density at radius 2 is 1.39 bits per heavy atom. The van der Waals surface area contributed by atoms with Gasteiger partial charge in [0.05, 0.1) is 17.8 Å². The Hall–Kier alpha value is -3.22. The number of hydrogen-bond donors (Lipinski definition) is 0. The molecule has 1 aromatic heterocycles. The number of aromatic nitrogens is 2. The van der Waals surface area contributed by atoms with Gasteiger partial charge in [-0.1, -0.05) is 84.9 Å². The molecule has 0 N–H and O–H groups in total. The lowest BCUT2D eigenvalue weighted by Crippen LogP contribution is -2.48. The van der Waals surface area contributed by atoms with E-state index in [1.54, 1.807) is 0 Å². The van der Waals surface area contributed by atoms with E-state index in [9.17, 15) is 0 Å². The van der Waals surface area contributed by atoms with Crippen LogP contribution in [0.15, 0.2) is 84.9 Å². The highest BCUT2D eigenvalue weighted by molar-refractivity contribution is 6.99. The molecule has 0 bridgehead atoms. The fourth-order valence-electron chi connectivity index (χ4n) is 4.45. The van der Waals surface area contributed by atoms with Crippen LogP contribution in [0.3, 0.4) is 0 Å². The summed E-state index contributed by atoms with van der Waals surface area (Å²) in [5.41, 5.74) is 5.06. The lowest BCUT2D eigenvalue weighted by molar-refractivity contribution is 0.211. The molecule has 2 heterocycles. The fraction of sp³-hybridized carbons (Fsp3) is 0.259. The van der Waals surface area contributed by atoms with Crippen LogP contribution in [0, 0.1) is 6.92 Å². The summed E-state index contributed by atoms with van der Waals surface area (Å²) in [6.45, 7) is 6.29. The van der Waals surface area contributed by atoms with E-state index in [4.69, 9.17) is 4.74 Å². The van der Waals surface area contributed by atoms with Crippen LogP contribution < -0.4 is 9.64 Å². The van der Waals surface area contributed by atoms with E-state index in [1.807, 2.05) is 12.1 Å². The van der Waals surface area contributed by atoms with Crippen molar-refractivity contribution in [3.63, 3.8) is 0 Å². The minimum atomic E-state index is 0.250. The molecule has 1 fully saturated rings. The number of anilines is 1. The molecule has 1 aliphatic heterocycles. The zero-order chi connectivity index (χ0) is 22.5. The Kier molecular flexibility index (Phi) is 6.65. The molecule has 1 aliphatic rings. The third kappa shape index (κ3) is 4.92. The van der Waals surface area contributed by atoms with Crippen molar-refractivity contribution in [1.29, 1.82) is 0 Å². The lowest BCUT2D eigenvalue weighted by atomic mass is 9.96. The molecule has 0 spiro atoms. The molecule has 1 saturated heterocycles. The number of aryl methyl sites for hydroxylation is 1. The van der Waals surface area contributed by atoms with Gasteiger partial charge in [-0.15, -0.1) is 4.37 Å². The van der Waals surface area contributed by atoms with E-state index >= 15 is 0 Å². The van der Waals surface area contributed by atoms with E-state index in [2.05, 4.69) is 98.3 Å². The Morgan fingerprint density at radius 3 is 2.03 bits per heavy atom. The van der Waals surface area contributed by atoms with Gasteiger partial charge in [-0.25, -0.2) is 0 Å². The summed E-state index contributed by atoms with van der Waals surface area (Å²) < 4.78 is 15.1. The molecular weight excluding hydrogens is 428 g/mol. The SMILES string of the molecule is Cc1ccccc1COc1nsnc1N1CCN(C(c2ccccc2)c2ccccc2)CC1. The molecule has 0 unspecified atom stereocenters. The number of hydrogen-bond acceptors (Lipinski definition) is 6. The topological polar surface area (TPSA) is 41.5 Å². The summed E-state index contributed by atoms with van der Waals surface area (Å²) in [4.78, 5) is 4.87. The van der Waals surface area contributed by atoms with Gasteiger partial charge in [0.15, 0.2) is 0 Å². The monoisotopic (exact) mass is 456 g/mol. The van der Waals surface area contributed by atoms with Crippen molar-refractivity contribution in [2.45, 2.75) is 19.6 Å². The van der Waals surface area contributed by atoms with Crippen LogP contribution in [0.4, 0.5) is 5.82 Å². The first-order valence-corrected chi connectivity index (χ1v) is 12.1. The van der Waals surface area contributed by atoms with Crippen molar-refractivity contribution >= 4 is 17.5 Å². The molecule has 5 rings (SSSR count). The number of benzene rings is 3. The van der Waals surface area contributed by atoms with Gasteiger partial charge < -0.3 is 9.64 Å². The van der Waals surface area contributed by atoms with E-state index in [0.29, 0.717) is 12.5 Å². The molecular formula is C27H28N4OS. The summed E-state index contributed by atoms with van der Waals surface area (Å²) in [7, 11) is 0. The van der Waals surface area contributed by atoms with Gasteiger partial charge in [0.1, 0.15) is 6.61 Å². The van der Waals surface area contributed by atoms with Gasteiger partial charge in [0.2, 0.25) is 5.82 Å². The van der Waals surface area contributed by atoms with Crippen LogP contribution in [-0.4, -0.2) is 39.8 Å². The van der Waals surface area contributed by atoms with E-state index < -0.39 is 0 Å². The normalized spacial score (nSPS) is 14.5. The molecule has 33 heavy (non-hydrogen) atoms. The van der Waals surface area contributed by atoms with Crippen molar-refractivity contribution in [2.24, 2.45) is 0 Å². The van der Waals surface area contributed by atoms with Gasteiger partial charge in [-0.3, -0.25) is 4.90 Å². The maximum absolute atomic E-state index is 6.09. The number of piperazine rings is 1. The molecule has 6 heteroatoms.